The van der Waals surface area contributed by atoms with Crippen LogP contribution in [-0.4, -0.2) is 20.6 Å². The molecule has 86 valence electrons. The van der Waals surface area contributed by atoms with E-state index in [1.165, 1.54) is 6.07 Å². The predicted octanol–water partition coefficient (Wildman–Crippen LogP) is 1.07. The Morgan fingerprint density at radius 1 is 1.25 bits per heavy atom. The van der Waals surface area contributed by atoms with Crippen molar-refractivity contribution in [2.75, 3.05) is 6.26 Å². The minimum absolute atomic E-state index is 0.217. The molecular weight excluding hydrogens is 226 g/mol. The Morgan fingerprint density at radius 3 is 2.44 bits per heavy atom. The number of hydrogen-bond donors (Lipinski definition) is 1. The van der Waals surface area contributed by atoms with Crippen LogP contribution in [0, 0.1) is 0 Å². The van der Waals surface area contributed by atoms with E-state index in [2.05, 4.69) is 5.32 Å². The second-order valence-corrected chi connectivity index (χ2v) is 6.51. The van der Waals surface area contributed by atoms with Crippen LogP contribution in [0.15, 0.2) is 23.1 Å². The highest BCUT2D eigenvalue weighted by Gasteiger charge is 2.38. The number of rotatable bonds is 1. The molecule has 0 atom stereocenters. The average Bonchev–Trinajstić information content (AvgIpc) is 2.36. The van der Waals surface area contributed by atoms with Gasteiger partial charge in [-0.2, -0.15) is 0 Å². The molecule has 1 aromatic rings. The van der Waals surface area contributed by atoms with Crippen molar-refractivity contribution in [3.63, 3.8) is 0 Å². The van der Waals surface area contributed by atoms with E-state index in [4.69, 9.17) is 0 Å². The van der Waals surface area contributed by atoms with Gasteiger partial charge in [-0.1, -0.05) is 6.07 Å². The molecule has 0 fully saturated rings. The summed E-state index contributed by atoms with van der Waals surface area (Å²) in [6, 6.07) is 4.78. The molecule has 1 N–H and O–H groups in total. The van der Waals surface area contributed by atoms with E-state index in [-0.39, 0.29) is 10.8 Å². The highest BCUT2D eigenvalue weighted by Crippen LogP contribution is 2.35. The van der Waals surface area contributed by atoms with Gasteiger partial charge >= 0.3 is 0 Å². The summed E-state index contributed by atoms with van der Waals surface area (Å²) in [6.07, 6.45) is 1.15. The maximum Gasteiger partial charge on any atom is 0.252 e. The fourth-order valence-electron chi connectivity index (χ4n) is 2.09. The summed E-state index contributed by atoms with van der Waals surface area (Å²) < 4.78 is 23.3. The van der Waals surface area contributed by atoms with Crippen molar-refractivity contribution < 1.29 is 13.2 Å². The Morgan fingerprint density at radius 2 is 1.88 bits per heavy atom. The Bertz CT molecular complexity index is 573. The Labute approximate surface area is 94.6 Å². The summed E-state index contributed by atoms with van der Waals surface area (Å²) in [4.78, 5) is 11.9. The molecule has 0 bridgehead atoms. The molecule has 1 aliphatic heterocycles. The quantitative estimate of drug-likeness (QED) is 0.797. The lowest BCUT2D eigenvalue weighted by Crippen LogP contribution is -2.33. The third kappa shape index (κ3) is 1.51. The highest BCUT2D eigenvalue weighted by molar-refractivity contribution is 7.90. The van der Waals surface area contributed by atoms with Crippen LogP contribution in [0.2, 0.25) is 0 Å². The number of nitrogens with one attached hydrogen (secondary N) is 1. The van der Waals surface area contributed by atoms with Gasteiger partial charge in [-0.25, -0.2) is 8.42 Å². The number of hydrogen-bond acceptors (Lipinski definition) is 3. The number of fused-ring (bicyclic) bond motifs is 1. The summed E-state index contributed by atoms with van der Waals surface area (Å²) in [7, 11) is -3.31. The number of amides is 1. The monoisotopic (exact) mass is 239 g/mol. The first-order valence-electron chi connectivity index (χ1n) is 4.89. The maximum atomic E-state index is 11.7. The Hall–Kier alpha value is -1.36. The van der Waals surface area contributed by atoms with Gasteiger partial charge in [0.2, 0.25) is 0 Å². The van der Waals surface area contributed by atoms with Crippen molar-refractivity contribution in [1.29, 1.82) is 0 Å². The molecule has 0 spiro atoms. The molecule has 0 aromatic heterocycles. The third-order valence-corrected chi connectivity index (χ3v) is 3.86. The molecule has 4 nitrogen and oxygen atoms in total. The first-order valence-corrected chi connectivity index (χ1v) is 6.79. The molecule has 2 rings (SSSR count). The van der Waals surface area contributed by atoms with Crippen LogP contribution in [0.1, 0.15) is 29.8 Å². The van der Waals surface area contributed by atoms with Gasteiger partial charge in [0.15, 0.2) is 9.84 Å². The van der Waals surface area contributed by atoms with Gasteiger partial charge in [-0.3, -0.25) is 4.79 Å². The molecule has 1 aliphatic rings. The topological polar surface area (TPSA) is 63.2 Å². The minimum Gasteiger partial charge on any atom is -0.343 e. The van der Waals surface area contributed by atoms with E-state index in [1.54, 1.807) is 26.0 Å². The molecule has 1 aromatic carbocycles. The number of carbonyl (C=O) groups excluding carboxylic acids is 1. The molecule has 0 saturated heterocycles. The van der Waals surface area contributed by atoms with Crippen molar-refractivity contribution >= 4 is 15.7 Å². The maximum absolute atomic E-state index is 11.7. The molecule has 16 heavy (non-hydrogen) atoms. The average molecular weight is 239 g/mol. The zero-order valence-electron chi connectivity index (χ0n) is 9.37. The number of carbonyl (C=O) groups is 1. The molecule has 0 unspecified atom stereocenters. The van der Waals surface area contributed by atoms with E-state index in [0.717, 1.165) is 6.26 Å². The first kappa shape index (κ1) is 11.1. The van der Waals surface area contributed by atoms with Gasteiger partial charge in [0.1, 0.15) is 0 Å². The normalized spacial score (nSPS) is 18.1. The lowest BCUT2D eigenvalue weighted by atomic mass is 9.95. The van der Waals surface area contributed by atoms with Crippen molar-refractivity contribution in [1.82, 2.24) is 5.32 Å². The van der Waals surface area contributed by atoms with E-state index in [9.17, 15) is 13.2 Å². The molecule has 0 aliphatic carbocycles. The van der Waals surface area contributed by atoms with Crippen LogP contribution in [0.5, 0.6) is 0 Å². The predicted molar refractivity (Wildman–Crippen MR) is 60.0 cm³/mol. The second-order valence-electron chi connectivity index (χ2n) is 4.53. The summed E-state index contributed by atoms with van der Waals surface area (Å²) in [5.41, 5.74) is 0.391. The van der Waals surface area contributed by atoms with Crippen LogP contribution in [0.3, 0.4) is 0 Å². The summed E-state index contributed by atoms with van der Waals surface area (Å²) in [5, 5.41) is 2.77. The van der Waals surface area contributed by atoms with Gasteiger partial charge in [0.05, 0.1) is 10.4 Å². The van der Waals surface area contributed by atoms with Crippen LogP contribution in [0.4, 0.5) is 0 Å². The standard InChI is InChI=1S/C11H13NO3S/c1-11(2)9-7(10(13)12-11)5-4-6-8(9)16(3,14)15/h4-6H,1-3H3,(H,12,13). The van der Waals surface area contributed by atoms with Crippen LogP contribution < -0.4 is 5.32 Å². The zero-order valence-corrected chi connectivity index (χ0v) is 10.2. The van der Waals surface area contributed by atoms with Crippen molar-refractivity contribution in [3.8, 4) is 0 Å². The van der Waals surface area contributed by atoms with Gasteiger partial charge < -0.3 is 5.32 Å². The summed E-state index contributed by atoms with van der Waals surface area (Å²) in [5.74, 6) is -0.217. The van der Waals surface area contributed by atoms with E-state index >= 15 is 0 Å². The molecule has 0 saturated carbocycles. The zero-order chi connectivity index (χ0) is 12.1. The first-order chi connectivity index (χ1) is 7.23. The van der Waals surface area contributed by atoms with Gasteiger partial charge in [-0.05, 0) is 26.0 Å². The highest BCUT2D eigenvalue weighted by atomic mass is 32.2. The van der Waals surface area contributed by atoms with Crippen LogP contribution >= 0.6 is 0 Å². The lowest BCUT2D eigenvalue weighted by molar-refractivity contribution is 0.0940. The van der Waals surface area contributed by atoms with Gasteiger partial charge in [0, 0.05) is 17.4 Å². The summed E-state index contributed by atoms with van der Waals surface area (Å²) >= 11 is 0. The van der Waals surface area contributed by atoms with Crippen molar-refractivity contribution in [3.05, 3.63) is 29.3 Å². The SMILES string of the molecule is CC1(C)NC(=O)c2cccc(S(C)(=O)=O)c21. The Kier molecular flexibility index (Phi) is 2.14. The smallest absolute Gasteiger partial charge is 0.252 e. The van der Waals surface area contributed by atoms with Gasteiger partial charge in [-0.15, -0.1) is 0 Å². The fourth-order valence-corrected chi connectivity index (χ4v) is 3.15. The summed E-state index contributed by atoms with van der Waals surface area (Å²) in [6.45, 7) is 3.59. The third-order valence-electron chi connectivity index (χ3n) is 2.72. The largest absolute Gasteiger partial charge is 0.343 e. The Balaban J connectivity index is 2.84. The molecule has 0 radical (unpaired) electrons. The molecule has 1 amide bonds. The van der Waals surface area contributed by atoms with Crippen molar-refractivity contribution in [2.24, 2.45) is 0 Å². The molecule has 1 heterocycles. The van der Waals surface area contributed by atoms with Crippen LogP contribution in [-0.2, 0) is 15.4 Å². The van der Waals surface area contributed by atoms with E-state index in [1.807, 2.05) is 0 Å². The number of benzene rings is 1. The van der Waals surface area contributed by atoms with Gasteiger partial charge in [0.25, 0.3) is 5.91 Å². The van der Waals surface area contributed by atoms with E-state index < -0.39 is 15.4 Å². The van der Waals surface area contributed by atoms with E-state index in [0.29, 0.717) is 11.1 Å². The van der Waals surface area contributed by atoms with Crippen LogP contribution in [0.25, 0.3) is 0 Å². The second kappa shape index (κ2) is 3.07. The molecular formula is C11H13NO3S. The molecule has 5 heteroatoms. The number of sulfone groups is 1. The van der Waals surface area contributed by atoms with Crippen molar-refractivity contribution in [2.45, 2.75) is 24.3 Å². The lowest BCUT2D eigenvalue weighted by Gasteiger charge is -2.21. The minimum atomic E-state index is -3.31. The fraction of sp³-hybridized carbons (Fsp3) is 0.364.